The second-order valence-electron chi connectivity index (χ2n) is 7.94. The van der Waals surface area contributed by atoms with E-state index in [9.17, 15) is 15.0 Å². The maximum absolute atomic E-state index is 12.5. The molecule has 1 aliphatic heterocycles. The first kappa shape index (κ1) is 21.2. The van der Waals surface area contributed by atoms with E-state index in [4.69, 9.17) is 13.9 Å². The summed E-state index contributed by atoms with van der Waals surface area (Å²) in [6.45, 7) is 2.59. The Kier molecular flexibility index (Phi) is 5.89. The summed E-state index contributed by atoms with van der Waals surface area (Å²) in [7, 11) is 1.55. The summed E-state index contributed by atoms with van der Waals surface area (Å²) in [6, 6.07) is 14.9. The Hall–Kier alpha value is -3.03. The number of aliphatic hydroxyl groups excluding tert-OH is 1. The number of fused-ring (bicyclic) bond motifs is 1. The number of amides is 1. The Labute approximate surface area is 180 Å². The van der Waals surface area contributed by atoms with Gasteiger partial charge in [-0.25, -0.2) is 4.79 Å². The van der Waals surface area contributed by atoms with Crippen LogP contribution < -0.4 is 4.74 Å². The molecular formula is C24H27NO6. The Morgan fingerprint density at radius 3 is 2.55 bits per heavy atom. The van der Waals surface area contributed by atoms with E-state index in [1.54, 1.807) is 31.1 Å². The van der Waals surface area contributed by atoms with Crippen LogP contribution in [0, 0.1) is 0 Å². The van der Waals surface area contributed by atoms with Crippen molar-refractivity contribution >= 4 is 17.1 Å². The minimum atomic E-state index is -1.12. The van der Waals surface area contributed by atoms with E-state index < -0.39 is 11.7 Å². The summed E-state index contributed by atoms with van der Waals surface area (Å²) < 4.78 is 16.6. The van der Waals surface area contributed by atoms with Crippen molar-refractivity contribution in [1.82, 2.24) is 4.90 Å². The molecule has 7 nitrogen and oxygen atoms in total. The first-order valence-electron chi connectivity index (χ1n) is 10.4. The molecule has 2 aromatic carbocycles. The number of carbonyl (C=O) groups is 1. The fourth-order valence-corrected chi connectivity index (χ4v) is 4.03. The molecule has 1 aliphatic rings. The summed E-state index contributed by atoms with van der Waals surface area (Å²) >= 11 is 0. The summed E-state index contributed by atoms with van der Waals surface area (Å²) in [4.78, 5) is 14.1. The fraction of sp³-hybridized carbons (Fsp3) is 0.375. The SMILES string of the molecule is COc1ccc(C2(O)CCN(C(=O)OCc3ccccc3)CC2)c2cc(C(C)O)oc12. The molecule has 3 aromatic rings. The number of methoxy groups -OCH3 is 1. The van der Waals surface area contributed by atoms with Crippen molar-refractivity contribution in [2.75, 3.05) is 20.2 Å². The van der Waals surface area contributed by atoms with Crippen molar-refractivity contribution in [2.24, 2.45) is 0 Å². The van der Waals surface area contributed by atoms with Gasteiger partial charge in [-0.2, -0.15) is 0 Å². The molecule has 7 heteroatoms. The lowest BCUT2D eigenvalue weighted by atomic mass is 9.82. The second-order valence-corrected chi connectivity index (χ2v) is 7.94. The van der Waals surface area contributed by atoms with E-state index in [1.807, 2.05) is 36.4 Å². The maximum atomic E-state index is 12.5. The van der Waals surface area contributed by atoms with Crippen LogP contribution in [0.4, 0.5) is 4.79 Å². The zero-order valence-electron chi connectivity index (χ0n) is 17.7. The van der Waals surface area contributed by atoms with E-state index >= 15 is 0 Å². The molecular weight excluding hydrogens is 398 g/mol. The van der Waals surface area contributed by atoms with Crippen LogP contribution in [0.5, 0.6) is 5.75 Å². The number of hydrogen-bond acceptors (Lipinski definition) is 6. The summed E-state index contributed by atoms with van der Waals surface area (Å²) in [6.07, 6.45) is -0.431. The third-order valence-corrected chi connectivity index (χ3v) is 5.85. The minimum Gasteiger partial charge on any atom is -0.493 e. The molecule has 0 radical (unpaired) electrons. The standard InChI is InChI=1S/C24H27NO6/c1-16(26)21-14-18-19(8-9-20(29-2)22(18)31-21)24(28)10-12-25(13-11-24)23(27)30-15-17-6-4-3-5-7-17/h3-9,14,16,26,28H,10-13,15H2,1-2H3. The second kappa shape index (κ2) is 8.61. The number of carbonyl (C=O) groups excluding carboxylic acids is 1. The van der Waals surface area contributed by atoms with Crippen molar-refractivity contribution in [1.29, 1.82) is 0 Å². The first-order chi connectivity index (χ1) is 14.9. The van der Waals surface area contributed by atoms with Crippen LogP contribution in [0.3, 0.4) is 0 Å². The van der Waals surface area contributed by atoms with E-state index in [0.29, 0.717) is 54.0 Å². The number of benzene rings is 2. The van der Waals surface area contributed by atoms with Gasteiger partial charge in [0.1, 0.15) is 18.5 Å². The number of aliphatic hydroxyl groups is 2. The lowest BCUT2D eigenvalue weighted by molar-refractivity contribution is -0.0244. The zero-order chi connectivity index (χ0) is 22.0. The van der Waals surface area contributed by atoms with Gasteiger partial charge >= 0.3 is 6.09 Å². The molecule has 2 heterocycles. The monoisotopic (exact) mass is 425 g/mol. The number of likely N-dealkylation sites (tertiary alicyclic amines) is 1. The van der Waals surface area contributed by atoms with Crippen LogP contribution in [0.15, 0.2) is 52.9 Å². The van der Waals surface area contributed by atoms with Crippen molar-refractivity contribution in [3.05, 3.63) is 65.4 Å². The lowest BCUT2D eigenvalue weighted by Gasteiger charge is -2.38. The maximum Gasteiger partial charge on any atom is 0.410 e. The predicted molar refractivity (Wildman–Crippen MR) is 115 cm³/mol. The Morgan fingerprint density at radius 2 is 1.90 bits per heavy atom. The molecule has 0 bridgehead atoms. The van der Waals surface area contributed by atoms with Crippen LogP contribution in [0.1, 0.15) is 42.8 Å². The molecule has 1 saturated heterocycles. The number of piperidine rings is 1. The van der Waals surface area contributed by atoms with Crippen molar-refractivity contribution in [2.45, 2.75) is 38.1 Å². The molecule has 2 N–H and O–H groups in total. The summed E-state index contributed by atoms with van der Waals surface area (Å²) in [5.74, 6) is 0.947. The smallest absolute Gasteiger partial charge is 0.410 e. The van der Waals surface area contributed by atoms with Crippen molar-refractivity contribution in [3.63, 3.8) is 0 Å². The average molecular weight is 425 g/mol. The highest BCUT2D eigenvalue weighted by atomic mass is 16.6. The first-order valence-corrected chi connectivity index (χ1v) is 10.4. The zero-order valence-corrected chi connectivity index (χ0v) is 17.7. The van der Waals surface area contributed by atoms with E-state index in [2.05, 4.69) is 0 Å². The van der Waals surface area contributed by atoms with Gasteiger partial charge in [0.25, 0.3) is 0 Å². The molecule has 0 spiro atoms. The number of ether oxygens (including phenoxy) is 2. The van der Waals surface area contributed by atoms with Crippen molar-refractivity contribution < 1.29 is 28.9 Å². The molecule has 0 aliphatic carbocycles. The van der Waals surface area contributed by atoms with Crippen LogP contribution in [0.25, 0.3) is 11.0 Å². The quantitative estimate of drug-likeness (QED) is 0.639. The number of nitrogens with zero attached hydrogens (tertiary/aromatic N) is 1. The van der Waals surface area contributed by atoms with Gasteiger partial charge in [0.2, 0.25) is 0 Å². The molecule has 31 heavy (non-hydrogen) atoms. The molecule has 4 rings (SSSR count). The van der Waals surface area contributed by atoms with Crippen LogP contribution in [-0.4, -0.2) is 41.4 Å². The summed E-state index contributed by atoms with van der Waals surface area (Å²) in [5, 5.41) is 22.1. The Balaban J connectivity index is 1.49. The average Bonchev–Trinajstić information content (AvgIpc) is 3.24. The molecule has 1 atom stereocenters. The highest BCUT2D eigenvalue weighted by Gasteiger charge is 2.38. The van der Waals surface area contributed by atoms with E-state index in [0.717, 1.165) is 5.56 Å². The molecule has 1 aromatic heterocycles. The Bertz CT molecular complexity index is 1050. The normalized spacial score (nSPS) is 16.8. The largest absolute Gasteiger partial charge is 0.493 e. The van der Waals surface area contributed by atoms with Crippen LogP contribution in [0.2, 0.25) is 0 Å². The van der Waals surface area contributed by atoms with Gasteiger partial charge in [-0.15, -0.1) is 0 Å². The third kappa shape index (κ3) is 4.24. The Morgan fingerprint density at radius 1 is 1.19 bits per heavy atom. The highest BCUT2D eigenvalue weighted by Crippen LogP contribution is 2.41. The topological polar surface area (TPSA) is 92.4 Å². The van der Waals surface area contributed by atoms with Gasteiger partial charge in [0.05, 0.1) is 12.7 Å². The number of hydrogen-bond donors (Lipinski definition) is 2. The fourth-order valence-electron chi connectivity index (χ4n) is 4.03. The van der Waals surface area contributed by atoms with Gasteiger partial charge in [0, 0.05) is 18.5 Å². The third-order valence-electron chi connectivity index (χ3n) is 5.85. The number of rotatable bonds is 5. The van der Waals surface area contributed by atoms with Gasteiger partial charge in [-0.1, -0.05) is 36.4 Å². The molecule has 1 unspecified atom stereocenters. The lowest BCUT2D eigenvalue weighted by Crippen LogP contribution is -2.45. The van der Waals surface area contributed by atoms with Gasteiger partial charge in [0.15, 0.2) is 11.3 Å². The van der Waals surface area contributed by atoms with E-state index in [1.165, 1.54) is 0 Å². The van der Waals surface area contributed by atoms with Crippen LogP contribution >= 0.6 is 0 Å². The van der Waals surface area contributed by atoms with Gasteiger partial charge in [-0.3, -0.25) is 0 Å². The summed E-state index contributed by atoms with van der Waals surface area (Å²) in [5.41, 5.74) is 1.00. The van der Waals surface area contributed by atoms with Gasteiger partial charge < -0.3 is 29.0 Å². The minimum absolute atomic E-state index is 0.219. The van der Waals surface area contributed by atoms with Crippen molar-refractivity contribution in [3.8, 4) is 5.75 Å². The molecule has 0 saturated carbocycles. The highest BCUT2D eigenvalue weighted by molar-refractivity contribution is 5.88. The number of furan rings is 1. The predicted octanol–water partition coefficient (Wildman–Crippen LogP) is 4.11. The van der Waals surface area contributed by atoms with Gasteiger partial charge in [-0.05, 0) is 43.0 Å². The molecule has 1 amide bonds. The van der Waals surface area contributed by atoms with E-state index in [-0.39, 0.29) is 12.7 Å². The van der Waals surface area contributed by atoms with Crippen LogP contribution in [-0.2, 0) is 16.9 Å². The molecule has 1 fully saturated rings. The molecule has 164 valence electrons.